The third-order valence-electron chi connectivity index (χ3n) is 2.24. The minimum absolute atomic E-state index is 0.0480. The van der Waals surface area contributed by atoms with E-state index in [0.717, 1.165) is 11.3 Å². The number of thiocarbonyl (C=S) groups is 1. The molecule has 10 heteroatoms. The smallest absolute Gasteiger partial charge is 0.272 e. The van der Waals surface area contributed by atoms with Gasteiger partial charge in [0.2, 0.25) is 0 Å². The van der Waals surface area contributed by atoms with Crippen LogP contribution in [0.15, 0.2) is 16.5 Å². The van der Waals surface area contributed by atoms with Gasteiger partial charge in [-0.1, -0.05) is 23.8 Å². The fourth-order valence-electron chi connectivity index (χ4n) is 1.30. The van der Waals surface area contributed by atoms with Gasteiger partial charge in [0.15, 0.2) is 0 Å². The molecule has 0 fully saturated rings. The van der Waals surface area contributed by atoms with Crippen molar-refractivity contribution < 1.29 is 8.42 Å². The minimum atomic E-state index is -3.74. The normalized spacial score (nSPS) is 11.5. The predicted molar refractivity (Wildman–Crippen MR) is 79.3 cm³/mol. The standard InChI is InChI=1S/C9H9ClN4O2S3/c1-4-2-6(18-7(4)10)19(15,16)14-9-5(8(11)17)3-12-13-9/h2-3H,1H3,(H2,11,17)(H2,12,13,14). The van der Waals surface area contributed by atoms with Crippen LogP contribution in [0.4, 0.5) is 5.82 Å². The maximum Gasteiger partial charge on any atom is 0.272 e. The number of hydrogen-bond donors (Lipinski definition) is 3. The Kier molecular flexibility index (Phi) is 3.81. The summed E-state index contributed by atoms with van der Waals surface area (Å²) < 4.78 is 27.2. The number of aromatic nitrogens is 2. The minimum Gasteiger partial charge on any atom is -0.389 e. The molecule has 0 saturated heterocycles. The molecule has 0 bridgehead atoms. The first-order valence-corrected chi connectivity index (χ1v) is 8.02. The second-order valence-corrected chi connectivity index (χ2v) is 7.65. The van der Waals surface area contributed by atoms with Crippen LogP contribution in [0.2, 0.25) is 4.34 Å². The number of nitrogens with one attached hydrogen (secondary N) is 2. The number of hydrogen-bond acceptors (Lipinski definition) is 5. The average Bonchev–Trinajstić information content (AvgIpc) is 2.87. The number of sulfonamides is 1. The molecule has 102 valence electrons. The number of aryl methyl sites for hydroxylation is 1. The van der Waals surface area contributed by atoms with E-state index in [1.807, 2.05) is 0 Å². The first-order valence-electron chi connectivity index (χ1n) is 4.93. The summed E-state index contributed by atoms with van der Waals surface area (Å²) in [5, 5.41) is 6.20. The van der Waals surface area contributed by atoms with Crippen LogP contribution in [0.1, 0.15) is 11.1 Å². The van der Waals surface area contributed by atoms with E-state index in [1.54, 1.807) is 6.92 Å². The van der Waals surface area contributed by atoms with Crippen molar-refractivity contribution in [2.45, 2.75) is 11.1 Å². The summed E-state index contributed by atoms with van der Waals surface area (Å²) in [4.78, 5) is 0.0480. The van der Waals surface area contributed by atoms with Crippen molar-refractivity contribution >= 4 is 56.0 Å². The van der Waals surface area contributed by atoms with E-state index in [4.69, 9.17) is 29.6 Å². The van der Waals surface area contributed by atoms with Crippen molar-refractivity contribution in [1.82, 2.24) is 10.2 Å². The Bertz CT molecular complexity index is 715. The summed E-state index contributed by atoms with van der Waals surface area (Å²) in [5.74, 6) is 0.134. The molecule has 0 radical (unpaired) electrons. The molecule has 6 nitrogen and oxygen atoms in total. The molecule has 4 N–H and O–H groups in total. The molecule has 19 heavy (non-hydrogen) atoms. The van der Waals surface area contributed by atoms with Gasteiger partial charge in [0, 0.05) is 0 Å². The Morgan fingerprint density at radius 3 is 2.84 bits per heavy atom. The van der Waals surface area contributed by atoms with Crippen LogP contribution in [0.3, 0.4) is 0 Å². The first-order chi connectivity index (χ1) is 8.81. The fraction of sp³-hybridized carbons (Fsp3) is 0.111. The molecule has 2 rings (SSSR count). The molecular weight excluding hydrogens is 328 g/mol. The number of anilines is 1. The highest BCUT2D eigenvalue weighted by Gasteiger charge is 2.21. The van der Waals surface area contributed by atoms with E-state index in [-0.39, 0.29) is 15.0 Å². The lowest BCUT2D eigenvalue weighted by Gasteiger charge is -2.05. The molecule has 2 aromatic rings. The largest absolute Gasteiger partial charge is 0.389 e. The number of halogens is 1. The van der Waals surface area contributed by atoms with E-state index in [0.29, 0.717) is 15.5 Å². The van der Waals surface area contributed by atoms with Crippen molar-refractivity contribution in [3.63, 3.8) is 0 Å². The van der Waals surface area contributed by atoms with Gasteiger partial charge in [0.05, 0.1) is 16.1 Å². The summed E-state index contributed by atoms with van der Waals surface area (Å²) in [7, 11) is -3.74. The Labute approximate surface area is 124 Å². The maximum absolute atomic E-state index is 12.1. The van der Waals surface area contributed by atoms with Crippen LogP contribution in [-0.4, -0.2) is 23.6 Å². The van der Waals surface area contributed by atoms with Crippen molar-refractivity contribution in [2.24, 2.45) is 5.73 Å². The van der Waals surface area contributed by atoms with E-state index in [9.17, 15) is 8.42 Å². The van der Waals surface area contributed by atoms with E-state index in [2.05, 4.69) is 14.9 Å². The Morgan fingerprint density at radius 1 is 1.63 bits per heavy atom. The van der Waals surface area contributed by atoms with Gasteiger partial charge >= 0.3 is 0 Å². The molecule has 0 aliphatic rings. The lowest BCUT2D eigenvalue weighted by Crippen LogP contribution is -2.16. The third kappa shape index (κ3) is 2.89. The van der Waals surface area contributed by atoms with E-state index < -0.39 is 10.0 Å². The molecule has 0 saturated carbocycles. The Balaban J connectivity index is 2.36. The molecular formula is C9H9ClN4O2S3. The van der Waals surface area contributed by atoms with Crippen LogP contribution < -0.4 is 10.5 Å². The lowest BCUT2D eigenvalue weighted by molar-refractivity contribution is 0.603. The van der Waals surface area contributed by atoms with Crippen LogP contribution in [0.25, 0.3) is 0 Å². The first kappa shape index (κ1) is 14.3. The van der Waals surface area contributed by atoms with E-state index >= 15 is 0 Å². The molecule has 0 aliphatic heterocycles. The SMILES string of the molecule is Cc1cc(S(=O)(=O)Nc2[nH]ncc2C(N)=S)sc1Cl. The van der Waals surface area contributed by atoms with Gasteiger partial charge < -0.3 is 5.73 Å². The number of nitrogens with two attached hydrogens (primary N) is 1. The highest BCUT2D eigenvalue weighted by molar-refractivity contribution is 7.94. The summed E-state index contributed by atoms with van der Waals surface area (Å²) >= 11 is 11.6. The quantitative estimate of drug-likeness (QED) is 0.740. The summed E-state index contributed by atoms with van der Waals surface area (Å²) in [6, 6.07) is 1.49. The van der Waals surface area contributed by atoms with Crippen LogP contribution in [0.5, 0.6) is 0 Å². The van der Waals surface area contributed by atoms with Gasteiger partial charge in [-0.3, -0.25) is 9.82 Å². The zero-order valence-corrected chi connectivity index (χ0v) is 12.8. The second kappa shape index (κ2) is 5.08. The Hall–Kier alpha value is -1.16. The fourth-order valence-corrected chi connectivity index (χ4v) is 4.20. The number of rotatable bonds is 4. The predicted octanol–water partition coefficient (Wildman–Crippen LogP) is 1.87. The number of thiophene rings is 1. The maximum atomic E-state index is 12.1. The monoisotopic (exact) mass is 336 g/mol. The van der Waals surface area contributed by atoms with Crippen molar-refractivity contribution in [3.8, 4) is 0 Å². The molecule has 2 heterocycles. The van der Waals surface area contributed by atoms with Crippen LogP contribution in [-0.2, 0) is 10.0 Å². The van der Waals surface area contributed by atoms with Gasteiger partial charge in [0.25, 0.3) is 10.0 Å². The lowest BCUT2D eigenvalue weighted by atomic mass is 10.3. The molecule has 0 spiro atoms. The number of nitrogens with zero attached hydrogens (tertiary/aromatic N) is 1. The van der Waals surface area contributed by atoms with Gasteiger partial charge in [-0.15, -0.1) is 11.3 Å². The topological polar surface area (TPSA) is 101 Å². The van der Waals surface area contributed by atoms with Crippen LogP contribution in [0, 0.1) is 6.92 Å². The van der Waals surface area contributed by atoms with Crippen molar-refractivity contribution in [1.29, 1.82) is 0 Å². The molecule has 0 unspecified atom stereocenters. The van der Waals surface area contributed by atoms with Gasteiger partial charge in [0.1, 0.15) is 15.0 Å². The van der Waals surface area contributed by atoms with E-state index in [1.165, 1.54) is 12.3 Å². The summed E-state index contributed by atoms with van der Waals surface area (Å²) in [6.45, 7) is 1.73. The summed E-state index contributed by atoms with van der Waals surface area (Å²) in [6.07, 6.45) is 1.35. The highest BCUT2D eigenvalue weighted by atomic mass is 35.5. The second-order valence-electron chi connectivity index (χ2n) is 3.65. The van der Waals surface area contributed by atoms with Crippen molar-refractivity contribution in [3.05, 3.63) is 27.7 Å². The van der Waals surface area contributed by atoms with Crippen LogP contribution >= 0.6 is 35.2 Å². The molecule has 0 atom stereocenters. The van der Waals surface area contributed by atoms with Gasteiger partial charge in [-0.2, -0.15) is 5.10 Å². The zero-order valence-electron chi connectivity index (χ0n) is 9.60. The molecule has 0 aromatic carbocycles. The number of aromatic amines is 1. The molecule has 0 amide bonds. The molecule has 0 aliphatic carbocycles. The van der Waals surface area contributed by atoms with Gasteiger partial charge in [-0.05, 0) is 18.6 Å². The average molecular weight is 337 g/mol. The highest BCUT2D eigenvalue weighted by Crippen LogP contribution is 2.31. The number of H-pyrrole nitrogens is 1. The third-order valence-corrected chi connectivity index (χ3v) is 5.84. The summed E-state index contributed by atoms with van der Waals surface area (Å²) in [5.41, 5.74) is 6.49. The van der Waals surface area contributed by atoms with Crippen molar-refractivity contribution in [2.75, 3.05) is 4.72 Å². The zero-order chi connectivity index (χ0) is 14.2. The Morgan fingerprint density at radius 2 is 2.32 bits per heavy atom. The van der Waals surface area contributed by atoms with Gasteiger partial charge in [-0.25, -0.2) is 8.42 Å². The molecule has 2 aromatic heterocycles.